The van der Waals surface area contributed by atoms with Crippen molar-refractivity contribution in [2.24, 2.45) is 0 Å². The van der Waals surface area contributed by atoms with Crippen LogP contribution in [-0.2, 0) is 17.7 Å². The number of rotatable bonds is 5. The summed E-state index contributed by atoms with van der Waals surface area (Å²) in [6.07, 6.45) is 0.790. The number of hydrogen-bond acceptors (Lipinski definition) is 6. The minimum absolute atomic E-state index is 0.158. The van der Waals surface area contributed by atoms with Crippen LogP contribution in [0.5, 0.6) is 0 Å². The molecule has 3 rings (SSSR count). The van der Waals surface area contributed by atoms with E-state index < -0.39 is 0 Å². The Kier molecular flexibility index (Phi) is 6.77. The van der Waals surface area contributed by atoms with Crippen molar-refractivity contribution in [3.63, 3.8) is 0 Å². The fourth-order valence-corrected chi connectivity index (χ4v) is 4.67. The van der Waals surface area contributed by atoms with Crippen LogP contribution < -0.4 is 10.6 Å². The van der Waals surface area contributed by atoms with Gasteiger partial charge >= 0.3 is 5.97 Å². The van der Waals surface area contributed by atoms with Crippen LogP contribution in [0.25, 0.3) is 0 Å². The molecule has 0 aliphatic carbocycles. The van der Waals surface area contributed by atoms with Crippen LogP contribution in [0.4, 0.5) is 5.00 Å². The molecule has 8 heteroatoms. The average molecular weight is 418 g/mol. The second-order valence-corrected chi connectivity index (χ2v) is 7.83. The van der Waals surface area contributed by atoms with E-state index in [4.69, 9.17) is 17.0 Å². The fourth-order valence-electron chi connectivity index (χ4n) is 3.13. The molecule has 2 heterocycles. The first-order valence-corrected chi connectivity index (χ1v) is 10.5. The number of carbonyl (C=O) groups excluding carboxylic acids is 2. The Bertz CT molecular complexity index is 880. The van der Waals surface area contributed by atoms with Gasteiger partial charge in [0.05, 0.1) is 12.2 Å². The molecule has 1 amide bonds. The molecule has 1 aromatic carbocycles. The standard InChI is InChI=1S/C20H23N3O3S2/c1-3-23-11-10-14-15(12-23)28-18(16(14)19(25)26-4-2)22-20(27)21-17(24)13-8-6-5-7-9-13/h5-9H,3-4,10-12H2,1-2H3,(H2,21,22,24,27). The number of benzene rings is 1. The molecule has 0 saturated carbocycles. The minimum atomic E-state index is -0.357. The summed E-state index contributed by atoms with van der Waals surface area (Å²) in [7, 11) is 0. The summed E-state index contributed by atoms with van der Waals surface area (Å²) in [6, 6.07) is 8.85. The van der Waals surface area contributed by atoms with Gasteiger partial charge in [-0.25, -0.2) is 4.79 Å². The number of carbonyl (C=O) groups is 2. The number of esters is 1. The maximum atomic E-state index is 12.6. The van der Waals surface area contributed by atoms with E-state index in [1.807, 2.05) is 6.07 Å². The summed E-state index contributed by atoms with van der Waals surface area (Å²) in [5.74, 6) is -0.654. The van der Waals surface area contributed by atoms with Crippen molar-refractivity contribution in [1.82, 2.24) is 10.2 Å². The van der Waals surface area contributed by atoms with Crippen molar-refractivity contribution in [3.05, 3.63) is 51.9 Å². The molecule has 1 aliphatic heterocycles. The first kappa shape index (κ1) is 20.4. The average Bonchev–Trinajstić information content (AvgIpc) is 3.05. The fraction of sp³-hybridized carbons (Fsp3) is 0.350. The highest BCUT2D eigenvalue weighted by Crippen LogP contribution is 2.37. The number of fused-ring (bicyclic) bond motifs is 1. The molecule has 0 saturated heterocycles. The van der Waals surface area contributed by atoms with Crippen molar-refractivity contribution < 1.29 is 14.3 Å². The number of thiocarbonyl (C=S) groups is 1. The van der Waals surface area contributed by atoms with E-state index in [1.165, 1.54) is 11.3 Å². The highest BCUT2D eigenvalue weighted by molar-refractivity contribution is 7.80. The molecule has 0 atom stereocenters. The van der Waals surface area contributed by atoms with E-state index in [0.717, 1.165) is 36.5 Å². The Morgan fingerprint density at radius 3 is 2.68 bits per heavy atom. The van der Waals surface area contributed by atoms with Gasteiger partial charge in [-0.3, -0.25) is 15.0 Å². The third kappa shape index (κ3) is 4.57. The summed E-state index contributed by atoms with van der Waals surface area (Å²) in [5.41, 5.74) is 2.07. The summed E-state index contributed by atoms with van der Waals surface area (Å²) < 4.78 is 5.26. The van der Waals surface area contributed by atoms with Crippen LogP contribution in [0, 0.1) is 0 Å². The number of nitrogens with one attached hydrogen (secondary N) is 2. The molecule has 6 nitrogen and oxygen atoms in total. The van der Waals surface area contributed by atoms with Crippen LogP contribution in [0.1, 0.15) is 45.0 Å². The largest absolute Gasteiger partial charge is 0.462 e. The molecule has 0 fully saturated rings. The van der Waals surface area contributed by atoms with Crippen molar-refractivity contribution in [2.75, 3.05) is 25.0 Å². The lowest BCUT2D eigenvalue weighted by atomic mass is 10.0. The van der Waals surface area contributed by atoms with Gasteiger partial charge in [-0.1, -0.05) is 25.1 Å². The van der Waals surface area contributed by atoms with Gasteiger partial charge in [0.2, 0.25) is 0 Å². The monoisotopic (exact) mass is 417 g/mol. The van der Waals surface area contributed by atoms with E-state index >= 15 is 0 Å². The second-order valence-electron chi connectivity index (χ2n) is 6.32. The second kappa shape index (κ2) is 9.27. The SMILES string of the molecule is CCOC(=O)c1c(NC(=S)NC(=O)c2ccccc2)sc2c1CCN(CC)C2. The molecule has 2 aromatic rings. The van der Waals surface area contributed by atoms with Gasteiger partial charge < -0.3 is 10.1 Å². The van der Waals surface area contributed by atoms with Crippen LogP contribution in [-0.4, -0.2) is 41.6 Å². The Hall–Kier alpha value is -2.29. The van der Waals surface area contributed by atoms with Crippen molar-refractivity contribution in [2.45, 2.75) is 26.8 Å². The number of ether oxygens (including phenoxy) is 1. The van der Waals surface area contributed by atoms with Gasteiger partial charge in [-0.2, -0.15) is 0 Å². The molecule has 2 N–H and O–H groups in total. The molecule has 28 heavy (non-hydrogen) atoms. The van der Waals surface area contributed by atoms with Crippen LogP contribution >= 0.6 is 23.6 Å². The van der Waals surface area contributed by atoms with E-state index in [-0.39, 0.29) is 17.0 Å². The number of anilines is 1. The summed E-state index contributed by atoms with van der Waals surface area (Å²) in [6.45, 7) is 6.88. The number of likely N-dealkylation sites (N-methyl/N-ethyl adjacent to an activating group) is 1. The van der Waals surface area contributed by atoms with E-state index in [9.17, 15) is 9.59 Å². The Morgan fingerprint density at radius 1 is 1.25 bits per heavy atom. The number of thiophene rings is 1. The zero-order valence-electron chi connectivity index (χ0n) is 15.9. The summed E-state index contributed by atoms with van der Waals surface area (Å²) in [5, 5.41) is 6.49. The van der Waals surface area contributed by atoms with Gasteiger partial charge in [-0.15, -0.1) is 11.3 Å². The van der Waals surface area contributed by atoms with Crippen molar-refractivity contribution in [3.8, 4) is 0 Å². The molecule has 0 bridgehead atoms. The van der Waals surface area contributed by atoms with Gasteiger partial charge in [0.15, 0.2) is 5.11 Å². The lowest BCUT2D eigenvalue weighted by molar-refractivity contribution is 0.0526. The predicted octanol–water partition coefficient (Wildman–Crippen LogP) is 3.43. The third-order valence-corrected chi connectivity index (χ3v) is 5.89. The molecule has 1 aliphatic rings. The first-order valence-electron chi connectivity index (χ1n) is 9.24. The number of nitrogens with zero attached hydrogens (tertiary/aromatic N) is 1. The van der Waals surface area contributed by atoms with Crippen molar-refractivity contribution >= 4 is 45.5 Å². The minimum Gasteiger partial charge on any atom is -0.462 e. The lowest BCUT2D eigenvalue weighted by Crippen LogP contribution is -2.34. The smallest absolute Gasteiger partial charge is 0.341 e. The Morgan fingerprint density at radius 2 is 2.00 bits per heavy atom. The van der Waals surface area contributed by atoms with Gasteiger partial charge in [0, 0.05) is 23.5 Å². The van der Waals surface area contributed by atoms with Gasteiger partial charge in [-0.05, 0) is 49.8 Å². The quantitative estimate of drug-likeness (QED) is 0.574. The maximum absolute atomic E-state index is 12.6. The van der Waals surface area contributed by atoms with Gasteiger partial charge in [0.1, 0.15) is 5.00 Å². The predicted molar refractivity (Wildman–Crippen MR) is 115 cm³/mol. The first-order chi connectivity index (χ1) is 13.5. The van der Waals surface area contributed by atoms with Crippen LogP contribution in [0.2, 0.25) is 0 Å². The molecule has 148 valence electrons. The topological polar surface area (TPSA) is 70.7 Å². The summed E-state index contributed by atoms with van der Waals surface area (Å²) in [4.78, 5) is 28.3. The third-order valence-electron chi connectivity index (χ3n) is 4.55. The zero-order valence-corrected chi connectivity index (χ0v) is 17.5. The van der Waals surface area contributed by atoms with E-state index in [1.54, 1.807) is 31.2 Å². The Labute approximate surface area is 173 Å². The normalized spacial score (nSPS) is 13.5. The molecule has 0 radical (unpaired) electrons. The lowest BCUT2D eigenvalue weighted by Gasteiger charge is -2.25. The highest BCUT2D eigenvalue weighted by Gasteiger charge is 2.28. The molecular formula is C20H23N3O3S2. The van der Waals surface area contributed by atoms with E-state index in [0.29, 0.717) is 22.7 Å². The summed E-state index contributed by atoms with van der Waals surface area (Å²) >= 11 is 6.80. The molecule has 0 spiro atoms. The molecule has 1 aromatic heterocycles. The number of hydrogen-bond donors (Lipinski definition) is 2. The molecular weight excluding hydrogens is 394 g/mol. The van der Waals surface area contributed by atoms with Crippen LogP contribution in [0.3, 0.4) is 0 Å². The van der Waals surface area contributed by atoms with Gasteiger partial charge in [0.25, 0.3) is 5.91 Å². The molecule has 0 unspecified atom stereocenters. The number of amides is 1. The van der Waals surface area contributed by atoms with E-state index in [2.05, 4.69) is 22.5 Å². The van der Waals surface area contributed by atoms with Crippen molar-refractivity contribution in [1.29, 1.82) is 0 Å². The Balaban J connectivity index is 1.80. The highest BCUT2D eigenvalue weighted by atomic mass is 32.1. The zero-order chi connectivity index (χ0) is 20.1. The maximum Gasteiger partial charge on any atom is 0.341 e. The van der Waals surface area contributed by atoms with Crippen LogP contribution in [0.15, 0.2) is 30.3 Å².